The molecular weight excluding hydrogens is 488 g/mol. The van der Waals surface area contributed by atoms with Gasteiger partial charge in [0.2, 0.25) is 0 Å². The van der Waals surface area contributed by atoms with Gasteiger partial charge in [-0.2, -0.15) is 0 Å². The summed E-state index contributed by atoms with van der Waals surface area (Å²) in [5, 5.41) is 0. The molecule has 0 aromatic heterocycles. The maximum atomic E-state index is 4.83. The van der Waals surface area contributed by atoms with Crippen molar-refractivity contribution < 1.29 is 0 Å². The first-order valence-corrected chi connectivity index (χ1v) is 16.6. The third-order valence-corrected chi connectivity index (χ3v) is 8.26. The summed E-state index contributed by atoms with van der Waals surface area (Å²) in [7, 11) is 0. The Morgan fingerprint density at radius 3 is 1.25 bits per heavy atom. The van der Waals surface area contributed by atoms with Crippen LogP contribution >= 0.6 is 0 Å². The van der Waals surface area contributed by atoms with Gasteiger partial charge in [-0.05, 0) is 93.6 Å². The van der Waals surface area contributed by atoms with Gasteiger partial charge >= 0.3 is 0 Å². The van der Waals surface area contributed by atoms with Crippen molar-refractivity contribution in [3.05, 3.63) is 35.4 Å². The molecule has 226 valence electrons. The molecule has 0 N–H and O–H groups in total. The fourth-order valence-electron chi connectivity index (χ4n) is 5.38. The van der Waals surface area contributed by atoms with Crippen molar-refractivity contribution in [3.63, 3.8) is 0 Å². The smallest absolute Gasteiger partial charge is 0.0639 e. The van der Waals surface area contributed by atoms with E-state index in [-0.39, 0.29) is 0 Å². The van der Waals surface area contributed by atoms with Gasteiger partial charge in [-0.15, -0.1) is 0 Å². The number of benzene rings is 1. The minimum absolute atomic E-state index is 0.795. The van der Waals surface area contributed by atoms with Gasteiger partial charge < -0.3 is 0 Å². The molecule has 0 radical (unpaired) electrons. The van der Waals surface area contributed by atoms with Crippen molar-refractivity contribution in [1.82, 2.24) is 0 Å². The molecule has 4 nitrogen and oxygen atoms in total. The molecule has 2 atom stereocenters. The third-order valence-electron chi connectivity index (χ3n) is 8.26. The highest BCUT2D eigenvalue weighted by atomic mass is 14.8. The Morgan fingerprint density at radius 1 is 0.550 bits per heavy atom. The Hall–Kier alpha value is -2.10. The minimum Gasteiger partial charge on any atom is -0.294 e. The average molecular weight is 551 g/mol. The van der Waals surface area contributed by atoms with Crippen LogP contribution in [-0.2, 0) is 13.1 Å². The molecular formula is C36H62N4. The SMILES string of the molecule is CCC(CC)=NCC1CCCC(CN=C(CC)CC)C1.CCC(CC)=NCc1cccc(CN=C(CC)CC)c1. The van der Waals surface area contributed by atoms with E-state index in [9.17, 15) is 0 Å². The Labute approximate surface area is 248 Å². The van der Waals surface area contributed by atoms with E-state index >= 15 is 0 Å². The summed E-state index contributed by atoms with van der Waals surface area (Å²) in [5.74, 6) is 1.62. The molecule has 0 aliphatic heterocycles. The first-order valence-electron chi connectivity index (χ1n) is 16.6. The van der Waals surface area contributed by atoms with Crippen LogP contribution in [0.3, 0.4) is 0 Å². The van der Waals surface area contributed by atoms with E-state index in [4.69, 9.17) is 9.98 Å². The van der Waals surface area contributed by atoms with E-state index in [0.29, 0.717) is 0 Å². The lowest BCUT2D eigenvalue weighted by molar-refractivity contribution is 0.278. The molecule has 1 aromatic carbocycles. The second kappa shape index (κ2) is 22.6. The molecule has 1 saturated carbocycles. The van der Waals surface area contributed by atoms with Crippen LogP contribution in [0, 0.1) is 11.8 Å². The second-order valence-electron chi connectivity index (χ2n) is 11.1. The molecule has 2 unspecified atom stereocenters. The number of aliphatic imine (C=N–C) groups is 4. The lowest BCUT2D eigenvalue weighted by Gasteiger charge is -2.27. The Balaban J connectivity index is 0.000000400. The average Bonchev–Trinajstić information content (AvgIpc) is 3.00. The van der Waals surface area contributed by atoms with Crippen LogP contribution in [0.4, 0.5) is 0 Å². The fourth-order valence-corrected chi connectivity index (χ4v) is 5.38. The number of hydrogen-bond donors (Lipinski definition) is 0. The highest BCUT2D eigenvalue weighted by molar-refractivity contribution is 5.85. The van der Waals surface area contributed by atoms with Crippen LogP contribution in [-0.4, -0.2) is 35.9 Å². The van der Waals surface area contributed by atoms with Crippen molar-refractivity contribution >= 4 is 22.8 Å². The highest BCUT2D eigenvalue weighted by Gasteiger charge is 2.21. The maximum Gasteiger partial charge on any atom is 0.0639 e. The van der Waals surface area contributed by atoms with Gasteiger partial charge in [0.05, 0.1) is 13.1 Å². The normalized spacial score (nSPS) is 16.3. The summed E-state index contributed by atoms with van der Waals surface area (Å²) in [5.41, 5.74) is 7.95. The molecule has 0 saturated heterocycles. The molecule has 4 heteroatoms. The lowest BCUT2D eigenvalue weighted by atomic mass is 9.81. The Kier molecular flexibility index (Phi) is 20.3. The van der Waals surface area contributed by atoms with Crippen molar-refractivity contribution in [3.8, 4) is 0 Å². The van der Waals surface area contributed by atoms with Gasteiger partial charge in [0.1, 0.15) is 0 Å². The van der Waals surface area contributed by atoms with E-state index in [1.54, 1.807) is 0 Å². The minimum atomic E-state index is 0.795. The van der Waals surface area contributed by atoms with Crippen LogP contribution < -0.4 is 0 Å². The van der Waals surface area contributed by atoms with Gasteiger partial charge in [-0.1, -0.05) is 86.1 Å². The summed E-state index contributed by atoms with van der Waals surface area (Å²) in [6.07, 6.45) is 14.1. The van der Waals surface area contributed by atoms with Crippen LogP contribution in [0.1, 0.15) is 144 Å². The van der Waals surface area contributed by atoms with E-state index in [1.807, 2.05) is 0 Å². The molecule has 1 aromatic rings. The van der Waals surface area contributed by atoms with Crippen molar-refractivity contribution in [2.45, 2.75) is 146 Å². The van der Waals surface area contributed by atoms with E-state index in [2.05, 4.69) is 89.6 Å². The summed E-state index contributed by atoms with van der Waals surface area (Å²) >= 11 is 0. The zero-order valence-electron chi connectivity index (χ0n) is 27.6. The zero-order chi connectivity index (χ0) is 29.6. The molecule has 1 aliphatic carbocycles. The number of hydrogen-bond acceptors (Lipinski definition) is 4. The summed E-state index contributed by atoms with van der Waals surface area (Å²) in [6.45, 7) is 21.3. The van der Waals surface area contributed by atoms with E-state index < -0.39 is 0 Å². The summed E-state index contributed by atoms with van der Waals surface area (Å²) in [4.78, 5) is 19.0. The van der Waals surface area contributed by atoms with Gasteiger partial charge in [0, 0.05) is 35.9 Å². The molecule has 0 heterocycles. The number of rotatable bonds is 16. The predicted octanol–water partition coefficient (Wildman–Crippen LogP) is 10.5. The maximum absolute atomic E-state index is 4.83. The molecule has 0 amide bonds. The molecule has 1 fully saturated rings. The van der Waals surface area contributed by atoms with E-state index in [0.717, 1.165) is 89.4 Å². The highest BCUT2D eigenvalue weighted by Crippen LogP contribution is 2.29. The molecule has 40 heavy (non-hydrogen) atoms. The first kappa shape index (κ1) is 35.9. The first-order chi connectivity index (χ1) is 19.5. The third kappa shape index (κ3) is 15.1. The largest absolute Gasteiger partial charge is 0.294 e. The molecule has 1 aliphatic rings. The molecule has 0 spiro atoms. The van der Waals surface area contributed by atoms with Crippen molar-refractivity contribution in [2.24, 2.45) is 31.8 Å². The number of nitrogens with zero attached hydrogens (tertiary/aromatic N) is 4. The summed E-state index contributed by atoms with van der Waals surface area (Å²) < 4.78 is 0. The van der Waals surface area contributed by atoms with Crippen LogP contribution in [0.15, 0.2) is 44.2 Å². The quantitative estimate of drug-likeness (QED) is 0.184. The van der Waals surface area contributed by atoms with Crippen LogP contribution in [0.5, 0.6) is 0 Å². The van der Waals surface area contributed by atoms with Gasteiger partial charge in [0.25, 0.3) is 0 Å². The standard InChI is InChI=1S/C18H34N2.C18H28N2/c2*1-5-17(6-2)19-13-15-10-9-11-16(12-15)14-20-18(7-3)8-4/h15-16H,5-14H2,1-4H3;9-12H,5-8,13-14H2,1-4H3. The molecule has 2 rings (SSSR count). The van der Waals surface area contributed by atoms with Gasteiger partial charge in [-0.25, -0.2) is 0 Å². The topological polar surface area (TPSA) is 49.4 Å². The fraction of sp³-hybridized carbons (Fsp3) is 0.722. The van der Waals surface area contributed by atoms with Crippen LogP contribution in [0.2, 0.25) is 0 Å². The predicted molar refractivity (Wildman–Crippen MR) is 181 cm³/mol. The monoisotopic (exact) mass is 550 g/mol. The molecule has 0 bridgehead atoms. The van der Waals surface area contributed by atoms with Crippen LogP contribution in [0.25, 0.3) is 0 Å². The summed E-state index contributed by atoms with van der Waals surface area (Å²) in [6, 6.07) is 8.66. The lowest BCUT2D eigenvalue weighted by Crippen LogP contribution is -2.20. The Bertz CT molecular complexity index is 831. The Morgan fingerprint density at radius 2 is 0.900 bits per heavy atom. The van der Waals surface area contributed by atoms with E-state index in [1.165, 1.54) is 59.7 Å². The van der Waals surface area contributed by atoms with Gasteiger partial charge in [-0.3, -0.25) is 20.0 Å². The van der Waals surface area contributed by atoms with Crippen molar-refractivity contribution in [2.75, 3.05) is 13.1 Å². The van der Waals surface area contributed by atoms with Crippen molar-refractivity contribution in [1.29, 1.82) is 0 Å². The zero-order valence-corrected chi connectivity index (χ0v) is 27.6. The van der Waals surface area contributed by atoms with Gasteiger partial charge in [0.15, 0.2) is 0 Å². The second-order valence-corrected chi connectivity index (χ2v) is 11.1.